The average molecular weight is 2200 g/mol. The number of nitrogens with zero attached hydrogens (tertiary/aromatic N) is 11. The third-order valence-electron chi connectivity index (χ3n) is 26.1. The maximum Gasteiger partial charge on any atom is 0.200 e. The number of fused-ring (bicyclic) bond motifs is 4. The topological polar surface area (TPSA) is 238 Å². The molecular formula is C113H108BrCl4F8N11O13. The van der Waals surface area contributed by atoms with E-state index in [1.54, 1.807) is 68.6 Å². The highest BCUT2D eigenvalue weighted by Gasteiger charge is 2.31. The van der Waals surface area contributed by atoms with E-state index in [4.69, 9.17) is 119 Å². The maximum atomic E-state index is 15.6. The molecule has 0 aliphatic carbocycles. The molecule has 8 unspecified atom stereocenters. The van der Waals surface area contributed by atoms with Gasteiger partial charge in [-0.3, -0.25) is 19.7 Å². The molecule has 0 N–H and O–H groups in total. The van der Waals surface area contributed by atoms with Crippen LogP contribution >= 0.6 is 62.3 Å². The predicted molar refractivity (Wildman–Crippen MR) is 565 cm³/mol. The van der Waals surface area contributed by atoms with Gasteiger partial charge in [0.05, 0.1) is 89.0 Å². The minimum absolute atomic E-state index is 0.160. The number of benzene rings is 8. The second-order valence-electron chi connectivity index (χ2n) is 36.5. The van der Waals surface area contributed by atoms with Crippen LogP contribution in [0.4, 0.5) is 35.1 Å². The van der Waals surface area contributed by atoms with Gasteiger partial charge in [0.15, 0.2) is 35.9 Å². The molecule has 0 bridgehead atoms. The number of halogens is 13. The number of carbonyl (C=O) groups is 1. The van der Waals surface area contributed by atoms with Gasteiger partial charge in [-0.05, 0) is 291 Å². The number of aromatic nitrogens is 11. The van der Waals surface area contributed by atoms with Crippen LogP contribution in [0.5, 0.6) is 23.0 Å². The number of rotatable bonds is 30. The molecule has 0 spiro atoms. The quantitative estimate of drug-likeness (QED) is 0.0231. The van der Waals surface area contributed by atoms with Crippen molar-refractivity contribution < 1.29 is 96.8 Å². The highest BCUT2D eigenvalue weighted by atomic mass is 79.9. The van der Waals surface area contributed by atoms with Crippen molar-refractivity contribution in [3.05, 3.63) is 327 Å². The molecule has 5 saturated heterocycles. The molecular weight excluding hydrogens is 2090 g/mol. The Morgan fingerprint density at radius 2 is 0.707 bits per heavy atom. The van der Waals surface area contributed by atoms with Crippen molar-refractivity contribution in [2.75, 3.05) is 53.9 Å². The van der Waals surface area contributed by atoms with Crippen LogP contribution in [0.15, 0.2) is 205 Å². The maximum absolute atomic E-state index is 15.6. The van der Waals surface area contributed by atoms with E-state index in [-0.39, 0.29) is 57.3 Å². The van der Waals surface area contributed by atoms with Crippen molar-refractivity contribution in [2.24, 2.45) is 0 Å². The lowest BCUT2D eigenvalue weighted by Crippen LogP contribution is -2.23. The molecule has 20 rings (SSSR count). The van der Waals surface area contributed by atoms with Gasteiger partial charge in [-0.1, -0.05) is 70.7 Å². The third kappa shape index (κ3) is 27.2. The molecule has 12 heterocycles. The second kappa shape index (κ2) is 51.2. The molecule has 8 atom stereocenters. The van der Waals surface area contributed by atoms with Gasteiger partial charge in [0.2, 0.25) is 6.29 Å². The first-order valence-electron chi connectivity index (χ1n) is 49.4. The SMILES string of the molecule is CC(Oc1ccc2c(c1)c(/C=C(\F)Br)nn2C1CCCCO1)c1ccc(F)cc1Cl.CC(Oc1ccc2c(c1)c(/C=C(\F)c1ccc(C=O)nc1)nn2C1CCCCO1)c1ccc(F)cc1Cl.CC(Oc1ccc2c(c1)c(/C=C(\F)c1ccc(COC3CCOCC3)nc1)nn2C1CCCCO1)c1ccc(F)cc1Cl.COC(OC)c1ccc(/C(F)=C/c2nn(C3CCCCO3)c3ccc(OC(C)c4ccc(F)cc4Cl)cc23)cn1. The molecule has 5 aliphatic heterocycles. The van der Waals surface area contributed by atoms with Crippen LogP contribution in [-0.4, -0.2) is 120 Å². The zero-order chi connectivity index (χ0) is 105. The van der Waals surface area contributed by atoms with Crippen molar-refractivity contribution in [3.8, 4) is 23.0 Å². The van der Waals surface area contributed by atoms with Crippen molar-refractivity contribution in [1.82, 2.24) is 54.1 Å². The van der Waals surface area contributed by atoms with Crippen LogP contribution in [-0.2, 0) is 44.5 Å². The third-order valence-corrected chi connectivity index (χ3v) is 27.6. The molecule has 5 fully saturated rings. The van der Waals surface area contributed by atoms with E-state index in [0.29, 0.717) is 159 Å². The Balaban J connectivity index is 0.000000137. The van der Waals surface area contributed by atoms with Crippen LogP contribution in [0.1, 0.15) is 257 Å². The summed E-state index contributed by atoms with van der Waals surface area (Å²) < 4.78 is 191. The Labute approximate surface area is 889 Å². The van der Waals surface area contributed by atoms with Crippen LogP contribution in [0.3, 0.4) is 0 Å². The van der Waals surface area contributed by atoms with Crippen LogP contribution < -0.4 is 18.9 Å². The Hall–Kier alpha value is -12.3. The summed E-state index contributed by atoms with van der Waals surface area (Å²) in [6.45, 7) is 11.7. The number of carbonyl (C=O) groups excluding carboxylic acids is 1. The van der Waals surface area contributed by atoms with Gasteiger partial charge < -0.3 is 56.8 Å². The lowest BCUT2D eigenvalue weighted by atomic mass is 10.1. The first-order valence-corrected chi connectivity index (χ1v) is 51.7. The lowest BCUT2D eigenvalue weighted by molar-refractivity contribution is -0.108. The number of hydrogen-bond acceptors (Lipinski definition) is 20. The molecule has 15 aromatic rings. The summed E-state index contributed by atoms with van der Waals surface area (Å²) >= 11 is 27.7. The Morgan fingerprint density at radius 3 is 0.980 bits per heavy atom. The number of hydrogen-bond donors (Lipinski definition) is 0. The van der Waals surface area contributed by atoms with Gasteiger partial charge in [-0.2, -0.15) is 24.8 Å². The minimum Gasteiger partial charge on any atom is -0.486 e. The van der Waals surface area contributed by atoms with E-state index < -0.39 is 76.2 Å². The van der Waals surface area contributed by atoms with E-state index in [1.807, 2.05) is 99.1 Å². The number of pyridine rings is 3. The minimum atomic E-state index is -0.637. The van der Waals surface area contributed by atoms with Gasteiger partial charge in [0.1, 0.15) is 93.9 Å². The molecule has 0 amide bonds. The average Bonchev–Trinajstić information content (AvgIpc) is 1.64. The molecule has 24 nitrogen and oxygen atoms in total. The van der Waals surface area contributed by atoms with Gasteiger partial charge in [-0.15, -0.1) is 0 Å². The predicted octanol–water partition coefficient (Wildman–Crippen LogP) is 30.7. The summed E-state index contributed by atoms with van der Waals surface area (Å²) in [5.74, 6) is -0.966. The van der Waals surface area contributed by atoms with Crippen molar-refractivity contribution in [2.45, 2.75) is 186 Å². The molecule has 5 aliphatic rings. The molecule has 0 saturated carbocycles. The highest BCUT2D eigenvalue weighted by Crippen LogP contribution is 2.43. The number of ether oxygens (including phenoxy) is 12. The van der Waals surface area contributed by atoms with Crippen molar-refractivity contribution in [3.63, 3.8) is 0 Å². The Kier molecular flexibility index (Phi) is 37.2. The summed E-state index contributed by atoms with van der Waals surface area (Å²) in [6, 6.07) is 48.6. The first-order chi connectivity index (χ1) is 72.7. The largest absolute Gasteiger partial charge is 0.486 e. The normalized spacial score (nSPS) is 17.9. The zero-order valence-corrected chi connectivity index (χ0v) is 87.3. The van der Waals surface area contributed by atoms with E-state index in [1.165, 1.54) is 118 Å². The van der Waals surface area contributed by atoms with Gasteiger partial charge >= 0.3 is 0 Å². The van der Waals surface area contributed by atoms with Crippen molar-refractivity contribution in [1.29, 1.82) is 0 Å². The Bertz CT molecular complexity index is 7350. The molecule has 784 valence electrons. The molecule has 37 heteroatoms. The summed E-state index contributed by atoms with van der Waals surface area (Å²) in [5.41, 5.74) is 9.97. The van der Waals surface area contributed by atoms with E-state index >= 15 is 13.2 Å². The van der Waals surface area contributed by atoms with Crippen LogP contribution in [0.2, 0.25) is 20.1 Å². The van der Waals surface area contributed by atoms with Gasteiger partial charge in [-0.25, -0.2) is 49.5 Å². The molecule has 7 aromatic heterocycles. The fourth-order valence-corrected chi connectivity index (χ4v) is 19.8. The fraction of sp³-hybridized carbons (Fsp3) is 0.327. The molecule has 8 aromatic carbocycles. The van der Waals surface area contributed by atoms with Crippen LogP contribution in [0.25, 0.3) is 85.4 Å². The zero-order valence-electron chi connectivity index (χ0n) is 82.7. The number of methoxy groups -OCH3 is 2. The van der Waals surface area contributed by atoms with E-state index in [2.05, 4.69) is 36.0 Å². The van der Waals surface area contributed by atoms with Crippen LogP contribution in [0, 0.1) is 23.3 Å². The number of aldehydes is 1. The summed E-state index contributed by atoms with van der Waals surface area (Å²) in [4.78, 5) is 23.5. The second-order valence-corrected chi connectivity index (χ2v) is 38.8. The smallest absolute Gasteiger partial charge is 0.200 e. The van der Waals surface area contributed by atoms with Gasteiger partial charge in [0.25, 0.3) is 0 Å². The Morgan fingerprint density at radius 1 is 0.387 bits per heavy atom. The fourth-order valence-electron chi connectivity index (χ4n) is 18.3. The first kappa shape index (κ1) is 109. The summed E-state index contributed by atoms with van der Waals surface area (Å²) in [6.07, 6.45) is 20.3. The molecule has 150 heavy (non-hydrogen) atoms. The van der Waals surface area contributed by atoms with Gasteiger partial charge in [0, 0.05) is 157 Å². The summed E-state index contributed by atoms with van der Waals surface area (Å²) in [5, 5.41) is 22.8. The molecule has 0 radical (unpaired) electrons. The highest BCUT2D eigenvalue weighted by molar-refractivity contribution is 9.11. The van der Waals surface area contributed by atoms with E-state index in [9.17, 15) is 26.7 Å². The van der Waals surface area contributed by atoms with E-state index in [0.717, 1.165) is 123 Å². The monoisotopic (exact) mass is 2200 g/mol. The summed E-state index contributed by atoms with van der Waals surface area (Å²) in [7, 11) is 3.02. The standard InChI is InChI=1S/C33H34ClF2N3O4.C30H30ClF2N3O4.C28H24ClF2N3O3.C22H20BrClF2N2O2/c1-21(27-9-6-23(35)16-29(27)34)43-26-8-10-32-28(17-26)31(38-39(32)33-4-2-3-13-41-33)18-30(36)22-5-7-24(37-19-22)20-42-25-11-14-40-15-12-25;1-18(22-10-8-20(32)14-24(22)31)40-21-9-12-28-23(15-21)27(35-36(28)29-6-4-5-13-39-29)16-25(33)19-7-11-26(34-17-19)30(37-2)38-3;1-17(22-9-6-19(30)12-24(22)29)37-21-8-10-27-23(13-21)26(33-34(27)28-4-2-3-11-36-28)14-25(31)18-5-7-20(16-35)32-15-18;1-13(16-7-5-14(25)10-18(16)24)30-15-6-8-20-17(11-15)19(12-21(23)26)27-28(20)22-4-2-3-9-29-22/h5-10,16-19,21,25,33H,2-4,11-15,20H2,1H3;7-12,14-18,29-30H,4-6,13H2,1-3H3;5-10,12-17,28H,2-4,11H2,1H3;5-8,10-13,22H,2-4,9H2,1H3/b30-18-;25-16-;25-14-;21-12-. The van der Waals surface area contributed by atoms with Crippen molar-refractivity contribution >= 4 is 154 Å². The lowest BCUT2D eigenvalue weighted by Gasteiger charge is -2.23.